The van der Waals surface area contributed by atoms with E-state index in [0.717, 1.165) is 6.07 Å². The molecule has 140 valence electrons. The van der Waals surface area contributed by atoms with Gasteiger partial charge in [-0.3, -0.25) is 0 Å². The van der Waals surface area contributed by atoms with Crippen molar-refractivity contribution in [3.63, 3.8) is 0 Å². The molecule has 2 N–H and O–H groups in total. The van der Waals surface area contributed by atoms with Crippen LogP contribution in [-0.4, -0.2) is 19.5 Å². The lowest BCUT2D eigenvalue weighted by atomic mass is 10.2. The summed E-state index contributed by atoms with van der Waals surface area (Å²) in [6.45, 7) is 0. The summed E-state index contributed by atoms with van der Waals surface area (Å²) in [7, 11) is -3.75. The fourth-order valence-corrected chi connectivity index (χ4v) is 3.32. The van der Waals surface area contributed by atoms with Crippen molar-refractivity contribution < 1.29 is 30.6 Å². The van der Waals surface area contributed by atoms with Gasteiger partial charge >= 0.3 is 11.7 Å². The van der Waals surface area contributed by atoms with E-state index in [2.05, 4.69) is 5.10 Å². The summed E-state index contributed by atoms with van der Waals surface area (Å²) in [5.41, 5.74) is -2.88. The highest BCUT2D eigenvalue weighted by molar-refractivity contribution is 7.86. The maximum atomic E-state index is 13.0. The van der Waals surface area contributed by atoms with Crippen molar-refractivity contribution in [1.82, 2.24) is 9.78 Å². The average Bonchev–Trinajstić information content (AvgIpc) is 2.81. The topological polar surface area (TPSA) is 84.7 Å². The van der Waals surface area contributed by atoms with Gasteiger partial charge in [-0.15, -0.1) is 0 Å². The van der Waals surface area contributed by atoms with Crippen molar-refractivity contribution in [2.24, 2.45) is 0 Å². The Kier molecular flexibility index (Phi) is 5.19. The van der Waals surface area contributed by atoms with E-state index >= 15 is 0 Å². The molecule has 1 atom stereocenters. The van der Waals surface area contributed by atoms with Crippen LogP contribution in [0, 0.1) is 11.3 Å². The Hall–Kier alpha value is -1.97. The molecule has 0 bridgehead atoms. The SMILES string of the molecule is N#Cc1nn(-c2c(Cl)ccc(C(F)(F)F)c2Cl)c(N)c1S(=O)C(F)(F)F. The van der Waals surface area contributed by atoms with Gasteiger partial charge in [0.1, 0.15) is 22.5 Å². The van der Waals surface area contributed by atoms with E-state index in [1.54, 1.807) is 0 Å². The highest BCUT2D eigenvalue weighted by Gasteiger charge is 2.43. The molecule has 0 spiro atoms. The first-order chi connectivity index (χ1) is 11.8. The fraction of sp³-hybridized carbons (Fsp3) is 0.167. The molecule has 0 aliphatic heterocycles. The molecule has 0 aliphatic rings. The summed E-state index contributed by atoms with van der Waals surface area (Å²) in [6, 6.07) is 2.58. The van der Waals surface area contributed by atoms with Crippen LogP contribution in [0.1, 0.15) is 11.3 Å². The lowest BCUT2D eigenvalue weighted by molar-refractivity contribution is -0.137. The molecule has 2 aromatic rings. The quantitative estimate of drug-likeness (QED) is 0.712. The van der Waals surface area contributed by atoms with Crippen molar-refractivity contribution in [2.75, 3.05) is 5.73 Å². The van der Waals surface area contributed by atoms with Crippen molar-refractivity contribution in [2.45, 2.75) is 16.6 Å². The highest BCUT2D eigenvalue weighted by atomic mass is 35.5. The minimum absolute atomic E-state index is 0.317. The van der Waals surface area contributed by atoms with E-state index in [1.165, 1.54) is 6.07 Å². The lowest BCUT2D eigenvalue weighted by Crippen LogP contribution is -2.18. The fourth-order valence-electron chi connectivity index (χ4n) is 1.91. The van der Waals surface area contributed by atoms with Gasteiger partial charge < -0.3 is 5.73 Å². The second kappa shape index (κ2) is 6.64. The third-order valence-electron chi connectivity index (χ3n) is 2.96. The molecule has 2 rings (SSSR count). The van der Waals surface area contributed by atoms with Crippen LogP contribution in [0.3, 0.4) is 0 Å². The Morgan fingerprint density at radius 2 is 1.77 bits per heavy atom. The summed E-state index contributed by atoms with van der Waals surface area (Å²) in [5.74, 6) is -0.986. The van der Waals surface area contributed by atoms with Gasteiger partial charge in [0.25, 0.3) is 0 Å². The third kappa shape index (κ3) is 3.46. The predicted molar refractivity (Wildman–Crippen MR) is 80.2 cm³/mol. The smallest absolute Gasteiger partial charge is 0.383 e. The van der Waals surface area contributed by atoms with Gasteiger partial charge in [-0.25, -0.2) is 8.89 Å². The number of alkyl halides is 6. The van der Waals surface area contributed by atoms with E-state index in [-0.39, 0.29) is 0 Å². The van der Waals surface area contributed by atoms with Crippen LogP contribution in [-0.2, 0) is 17.0 Å². The molecule has 0 amide bonds. The first-order valence-corrected chi connectivity index (χ1v) is 8.04. The second-order valence-corrected chi connectivity index (χ2v) is 6.75. The summed E-state index contributed by atoms with van der Waals surface area (Å²) >= 11 is 11.5. The van der Waals surface area contributed by atoms with Crippen molar-refractivity contribution in [3.05, 3.63) is 33.4 Å². The van der Waals surface area contributed by atoms with Gasteiger partial charge in [-0.05, 0) is 12.1 Å². The zero-order chi connectivity index (χ0) is 20.0. The number of nitrogen functional groups attached to an aromatic ring is 1. The van der Waals surface area contributed by atoms with Crippen LogP contribution in [0.4, 0.5) is 32.2 Å². The zero-order valence-electron chi connectivity index (χ0n) is 11.9. The van der Waals surface area contributed by atoms with E-state index < -0.39 is 60.2 Å². The molecule has 0 fully saturated rings. The minimum Gasteiger partial charge on any atom is -0.383 e. The summed E-state index contributed by atoms with van der Waals surface area (Å²) in [5, 5.41) is 10.8. The van der Waals surface area contributed by atoms with Gasteiger partial charge in [-0.2, -0.15) is 36.7 Å². The third-order valence-corrected chi connectivity index (χ3v) is 4.84. The zero-order valence-corrected chi connectivity index (χ0v) is 14.2. The van der Waals surface area contributed by atoms with E-state index in [4.69, 9.17) is 34.2 Å². The first kappa shape index (κ1) is 20.3. The number of benzene rings is 1. The monoisotopic (exact) mass is 436 g/mol. The lowest BCUT2D eigenvalue weighted by Gasteiger charge is -2.15. The molecule has 1 aromatic heterocycles. The van der Waals surface area contributed by atoms with Crippen molar-refractivity contribution in [1.29, 1.82) is 5.26 Å². The molecule has 1 heterocycles. The number of hydrogen-bond donors (Lipinski definition) is 1. The van der Waals surface area contributed by atoms with Crippen LogP contribution in [0.5, 0.6) is 0 Å². The molecule has 14 heteroatoms. The van der Waals surface area contributed by atoms with Crippen molar-refractivity contribution >= 4 is 39.8 Å². The Balaban J connectivity index is 2.83. The molecule has 0 radical (unpaired) electrons. The van der Waals surface area contributed by atoms with Crippen LogP contribution < -0.4 is 5.73 Å². The number of halogens is 8. The number of aromatic nitrogens is 2. The maximum absolute atomic E-state index is 13.0. The van der Waals surface area contributed by atoms with E-state index in [0.29, 0.717) is 10.7 Å². The first-order valence-electron chi connectivity index (χ1n) is 6.13. The normalized spacial score (nSPS) is 13.5. The predicted octanol–water partition coefficient (Wildman–Crippen LogP) is 4.28. The van der Waals surface area contributed by atoms with Gasteiger partial charge in [0, 0.05) is 0 Å². The Bertz CT molecular complexity index is 947. The molecule has 5 nitrogen and oxygen atoms in total. The summed E-state index contributed by atoms with van der Waals surface area (Å²) in [4.78, 5) is -1.20. The number of nitriles is 1. The molecule has 1 unspecified atom stereocenters. The number of rotatable bonds is 2. The standard InChI is InChI=1S/C12H4Cl2F6N4OS/c13-5-2-1-4(11(15,16)17)7(14)8(5)24-10(22)9(6(3-21)23-24)26(25)12(18,19)20/h1-2H,22H2. The molecule has 0 aliphatic carbocycles. The molecule has 0 saturated heterocycles. The Morgan fingerprint density at radius 3 is 2.23 bits per heavy atom. The molecular formula is C12H4Cl2F6N4OS. The van der Waals surface area contributed by atoms with Gasteiger partial charge in [0.05, 0.1) is 15.6 Å². The highest BCUT2D eigenvalue weighted by Crippen LogP contribution is 2.42. The number of hydrogen-bond acceptors (Lipinski definition) is 4. The van der Waals surface area contributed by atoms with Crippen LogP contribution >= 0.6 is 23.2 Å². The van der Waals surface area contributed by atoms with Crippen molar-refractivity contribution in [3.8, 4) is 11.8 Å². The molecule has 1 aromatic carbocycles. The molecular weight excluding hydrogens is 433 g/mol. The number of nitrogens with two attached hydrogens (primary N) is 1. The largest absolute Gasteiger partial charge is 0.476 e. The Morgan fingerprint density at radius 1 is 1.19 bits per heavy atom. The summed E-state index contributed by atoms with van der Waals surface area (Å²) in [6.07, 6.45) is -4.91. The number of nitrogens with zero attached hydrogens (tertiary/aromatic N) is 3. The van der Waals surface area contributed by atoms with Gasteiger partial charge in [0.2, 0.25) is 0 Å². The minimum atomic E-state index is -5.28. The van der Waals surface area contributed by atoms with E-state index in [1.807, 2.05) is 0 Å². The molecule has 26 heavy (non-hydrogen) atoms. The maximum Gasteiger partial charge on any atom is 0.476 e. The van der Waals surface area contributed by atoms with Gasteiger partial charge in [0.15, 0.2) is 16.5 Å². The van der Waals surface area contributed by atoms with Gasteiger partial charge in [-0.1, -0.05) is 23.2 Å². The summed E-state index contributed by atoms with van der Waals surface area (Å²) < 4.78 is 89.0. The van der Waals surface area contributed by atoms with Crippen LogP contribution in [0.2, 0.25) is 10.0 Å². The average molecular weight is 437 g/mol. The second-order valence-electron chi connectivity index (χ2n) is 4.56. The Labute approximate surface area is 153 Å². The molecule has 0 saturated carbocycles. The van der Waals surface area contributed by atoms with E-state index in [9.17, 15) is 30.6 Å². The van der Waals surface area contributed by atoms with Crippen LogP contribution in [0.25, 0.3) is 5.69 Å². The van der Waals surface area contributed by atoms with Crippen LogP contribution in [0.15, 0.2) is 17.0 Å². The number of anilines is 1.